The highest BCUT2D eigenvalue weighted by Gasteiger charge is 2.53. The highest BCUT2D eigenvalue weighted by Crippen LogP contribution is 2.39. The Labute approximate surface area is 184 Å². The molecule has 31 heavy (non-hydrogen) atoms. The van der Waals surface area contributed by atoms with E-state index in [9.17, 15) is 9.18 Å². The normalized spacial score (nSPS) is 22.1. The van der Waals surface area contributed by atoms with Crippen LogP contribution in [0.3, 0.4) is 0 Å². The van der Waals surface area contributed by atoms with Gasteiger partial charge in [0.25, 0.3) is 0 Å². The third kappa shape index (κ3) is 5.86. The summed E-state index contributed by atoms with van der Waals surface area (Å²) in [5.74, 6) is 0.366. The molecule has 0 aromatic carbocycles. The van der Waals surface area contributed by atoms with Gasteiger partial charge < -0.3 is 18.9 Å². The standard InChI is InChI=1S/C21H34BFN4O4/c1-19(2,3)29-18(28)26-10-8-15(9-11-26)13-27-14-16(24-25-27)12-17(23)22-30-20(4,5)21(6,7)31-22/h12,14-15H,8-11,13H2,1-7H3. The molecule has 0 aliphatic carbocycles. The largest absolute Gasteiger partial charge is 0.525 e. The topological polar surface area (TPSA) is 78.7 Å². The van der Waals surface area contributed by atoms with E-state index in [1.54, 1.807) is 15.8 Å². The van der Waals surface area contributed by atoms with Gasteiger partial charge in [-0.3, -0.25) is 4.68 Å². The summed E-state index contributed by atoms with van der Waals surface area (Å²) in [4.78, 5) is 13.9. The van der Waals surface area contributed by atoms with Gasteiger partial charge in [0.2, 0.25) is 0 Å². The molecule has 2 fully saturated rings. The van der Waals surface area contributed by atoms with Crippen LogP contribution >= 0.6 is 0 Å². The Morgan fingerprint density at radius 1 is 1.26 bits per heavy atom. The predicted molar refractivity (Wildman–Crippen MR) is 116 cm³/mol. The molecule has 172 valence electrons. The molecular weight excluding hydrogens is 402 g/mol. The zero-order valence-electron chi connectivity index (χ0n) is 19.6. The molecule has 3 heterocycles. The molecule has 2 aliphatic rings. The van der Waals surface area contributed by atoms with Gasteiger partial charge in [-0.05, 0) is 73.3 Å². The second kappa shape index (κ2) is 8.54. The second-order valence-corrected chi connectivity index (χ2v) is 10.4. The first kappa shape index (κ1) is 23.7. The van der Waals surface area contributed by atoms with Crippen molar-refractivity contribution in [2.45, 2.75) is 84.7 Å². The Morgan fingerprint density at radius 3 is 2.39 bits per heavy atom. The molecule has 0 bridgehead atoms. The summed E-state index contributed by atoms with van der Waals surface area (Å²) in [6.45, 7) is 15.1. The number of likely N-dealkylation sites (tertiary alicyclic amines) is 1. The fourth-order valence-corrected chi connectivity index (χ4v) is 3.52. The van der Waals surface area contributed by atoms with E-state index in [-0.39, 0.29) is 6.09 Å². The van der Waals surface area contributed by atoms with E-state index in [1.165, 1.54) is 6.08 Å². The van der Waals surface area contributed by atoms with Crippen LogP contribution in [0.5, 0.6) is 0 Å². The zero-order chi connectivity index (χ0) is 23.0. The van der Waals surface area contributed by atoms with Crippen LogP contribution in [0.4, 0.5) is 9.18 Å². The lowest BCUT2D eigenvalue weighted by Crippen LogP contribution is -2.42. The summed E-state index contributed by atoms with van der Waals surface area (Å²) in [7, 11) is -1.05. The molecule has 2 saturated heterocycles. The Morgan fingerprint density at radius 2 is 1.84 bits per heavy atom. The lowest BCUT2D eigenvalue weighted by molar-refractivity contribution is 0.00578. The molecule has 0 N–H and O–H groups in total. The fraction of sp³-hybridized carbons (Fsp3) is 0.762. The fourth-order valence-electron chi connectivity index (χ4n) is 3.52. The number of piperidine rings is 1. The minimum Gasteiger partial charge on any atom is -0.444 e. The Hall–Kier alpha value is -1.94. The maximum Gasteiger partial charge on any atom is 0.525 e. The van der Waals surface area contributed by atoms with Crippen LogP contribution in [-0.2, 0) is 20.6 Å². The van der Waals surface area contributed by atoms with Crippen molar-refractivity contribution in [2.75, 3.05) is 13.1 Å². The van der Waals surface area contributed by atoms with Gasteiger partial charge in [-0.25, -0.2) is 9.18 Å². The number of aromatic nitrogens is 3. The van der Waals surface area contributed by atoms with E-state index in [0.717, 1.165) is 12.8 Å². The smallest absolute Gasteiger partial charge is 0.444 e. The maximum absolute atomic E-state index is 14.7. The number of hydrogen-bond donors (Lipinski definition) is 0. The zero-order valence-corrected chi connectivity index (χ0v) is 19.6. The summed E-state index contributed by atoms with van der Waals surface area (Å²) in [6, 6.07) is 0. The summed E-state index contributed by atoms with van der Waals surface area (Å²) < 4.78 is 33.3. The average molecular weight is 436 g/mol. The molecular formula is C21H34BFN4O4. The number of amides is 1. The monoisotopic (exact) mass is 436 g/mol. The molecule has 1 aromatic rings. The first-order valence-corrected chi connectivity index (χ1v) is 10.9. The first-order valence-electron chi connectivity index (χ1n) is 10.9. The van der Waals surface area contributed by atoms with Crippen LogP contribution < -0.4 is 0 Å². The van der Waals surface area contributed by atoms with Gasteiger partial charge in [0, 0.05) is 19.6 Å². The molecule has 10 heteroatoms. The number of carbonyl (C=O) groups is 1. The number of carbonyl (C=O) groups excluding carboxylic acids is 1. The highest BCUT2D eigenvalue weighted by molar-refractivity contribution is 6.54. The molecule has 0 saturated carbocycles. The average Bonchev–Trinajstić information content (AvgIpc) is 3.15. The number of ether oxygens (including phenoxy) is 1. The van der Waals surface area contributed by atoms with Crippen LogP contribution in [0.1, 0.15) is 67.0 Å². The summed E-state index contributed by atoms with van der Waals surface area (Å²) in [5.41, 5.74) is -1.81. The van der Waals surface area contributed by atoms with Gasteiger partial charge in [0.15, 0.2) is 0 Å². The van der Waals surface area contributed by atoms with Gasteiger partial charge >= 0.3 is 13.2 Å². The van der Waals surface area contributed by atoms with Crippen LogP contribution in [-0.4, -0.2) is 63.0 Å². The second-order valence-electron chi connectivity index (χ2n) is 10.4. The van der Waals surface area contributed by atoms with Crippen molar-refractivity contribution in [3.8, 4) is 0 Å². The van der Waals surface area contributed by atoms with E-state index in [1.807, 2.05) is 48.5 Å². The summed E-state index contributed by atoms with van der Waals surface area (Å²) in [6.07, 6.45) is 4.46. The SMILES string of the molecule is CC(C)(C)OC(=O)N1CCC(Cn2cc(C=C(F)B3OC(C)(C)C(C)(C)O3)nn2)CC1. The number of halogens is 1. The Balaban J connectivity index is 1.52. The minimum absolute atomic E-state index is 0.266. The molecule has 8 nitrogen and oxygen atoms in total. The van der Waals surface area contributed by atoms with Gasteiger partial charge in [0.05, 0.1) is 17.4 Å². The number of nitrogens with zero attached hydrogens (tertiary/aromatic N) is 4. The van der Waals surface area contributed by atoms with Crippen molar-refractivity contribution in [3.63, 3.8) is 0 Å². The summed E-state index contributed by atoms with van der Waals surface area (Å²) in [5, 5.41) is 8.17. The van der Waals surface area contributed by atoms with Crippen molar-refractivity contribution in [1.29, 1.82) is 0 Å². The lowest BCUT2D eigenvalue weighted by Gasteiger charge is -2.33. The van der Waals surface area contributed by atoms with Crippen LogP contribution in [0.15, 0.2) is 11.9 Å². The van der Waals surface area contributed by atoms with Crippen LogP contribution in [0.25, 0.3) is 6.08 Å². The molecule has 0 spiro atoms. The Bertz CT molecular complexity index is 810. The van der Waals surface area contributed by atoms with E-state index in [4.69, 9.17) is 14.0 Å². The molecule has 0 atom stereocenters. The molecule has 1 amide bonds. The first-order chi connectivity index (χ1) is 14.3. The molecule has 0 radical (unpaired) electrons. The van der Waals surface area contributed by atoms with Gasteiger partial charge in [0.1, 0.15) is 17.0 Å². The Kier molecular flexibility index (Phi) is 6.53. The van der Waals surface area contributed by atoms with Crippen molar-refractivity contribution < 1.29 is 23.2 Å². The van der Waals surface area contributed by atoms with Crippen molar-refractivity contribution >= 4 is 19.3 Å². The van der Waals surface area contributed by atoms with Crippen molar-refractivity contribution in [2.24, 2.45) is 5.92 Å². The van der Waals surface area contributed by atoms with E-state index >= 15 is 0 Å². The van der Waals surface area contributed by atoms with Gasteiger partial charge in [-0.1, -0.05) is 5.21 Å². The van der Waals surface area contributed by atoms with E-state index in [2.05, 4.69) is 10.3 Å². The number of rotatable bonds is 4. The maximum atomic E-state index is 14.7. The quantitative estimate of drug-likeness (QED) is 0.667. The summed E-state index contributed by atoms with van der Waals surface area (Å²) >= 11 is 0. The number of hydrogen-bond acceptors (Lipinski definition) is 6. The predicted octanol–water partition coefficient (Wildman–Crippen LogP) is 3.87. The van der Waals surface area contributed by atoms with Crippen LogP contribution in [0.2, 0.25) is 0 Å². The highest BCUT2D eigenvalue weighted by atomic mass is 19.1. The lowest BCUT2D eigenvalue weighted by atomic mass is 9.87. The van der Waals surface area contributed by atoms with Crippen molar-refractivity contribution in [1.82, 2.24) is 19.9 Å². The molecule has 2 aliphatic heterocycles. The van der Waals surface area contributed by atoms with Gasteiger partial charge in [-0.15, -0.1) is 5.10 Å². The minimum atomic E-state index is -1.05. The third-order valence-electron chi connectivity index (χ3n) is 6.03. The van der Waals surface area contributed by atoms with E-state index < -0.39 is 29.6 Å². The molecule has 3 rings (SSSR count). The van der Waals surface area contributed by atoms with Gasteiger partial charge in [-0.2, -0.15) is 0 Å². The van der Waals surface area contributed by atoms with E-state index in [0.29, 0.717) is 31.2 Å². The molecule has 1 aromatic heterocycles. The third-order valence-corrected chi connectivity index (χ3v) is 6.03. The molecule has 0 unspecified atom stereocenters. The van der Waals surface area contributed by atoms with Crippen molar-refractivity contribution in [3.05, 3.63) is 17.6 Å². The van der Waals surface area contributed by atoms with Crippen LogP contribution in [0, 0.1) is 5.92 Å².